The molecule has 102 valence electrons. The van der Waals surface area contributed by atoms with Crippen LogP contribution in [0.3, 0.4) is 0 Å². The predicted molar refractivity (Wildman–Crippen MR) is 75.5 cm³/mol. The molecule has 0 amide bonds. The second-order valence-electron chi connectivity index (χ2n) is 6.91. The van der Waals surface area contributed by atoms with Gasteiger partial charge in [0.05, 0.1) is 0 Å². The van der Waals surface area contributed by atoms with E-state index < -0.39 is 15.7 Å². The molecule has 3 nitrogen and oxygen atoms in total. The Bertz CT molecular complexity index is 316. The molecule has 0 bridgehead atoms. The van der Waals surface area contributed by atoms with Gasteiger partial charge in [-0.3, -0.25) is 4.57 Å². The van der Waals surface area contributed by atoms with Gasteiger partial charge in [0.25, 0.3) is 0 Å². The first-order valence-electron chi connectivity index (χ1n) is 6.41. The molecule has 3 atom stereocenters. The summed E-state index contributed by atoms with van der Waals surface area (Å²) in [6.45, 7) is 12.6. The van der Waals surface area contributed by atoms with Crippen LogP contribution < -0.4 is 0 Å². The number of rotatable bonds is 3. The second kappa shape index (κ2) is 4.80. The Morgan fingerprint density at radius 1 is 1.29 bits per heavy atom. The molecule has 0 aromatic rings. The van der Waals surface area contributed by atoms with Crippen LogP contribution in [-0.4, -0.2) is 31.6 Å². The van der Waals surface area contributed by atoms with Crippen LogP contribution in [0, 0.1) is 0 Å². The SMILES string of the molecule is CC(C)(C)[Si](C)(C)OC1CCC(P(C)(=O)O)C1. The van der Waals surface area contributed by atoms with E-state index in [2.05, 4.69) is 33.9 Å². The maximum Gasteiger partial charge on any atom is 0.200 e. The van der Waals surface area contributed by atoms with Crippen molar-refractivity contribution in [1.29, 1.82) is 0 Å². The van der Waals surface area contributed by atoms with Crippen molar-refractivity contribution in [2.24, 2.45) is 0 Å². The van der Waals surface area contributed by atoms with Crippen LogP contribution >= 0.6 is 7.37 Å². The van der Waals surface area contributed by atoms with Crippen molar-refractivity contribution in [2.75, 3.05) is 6.66 Å². The maximum absolute atomic E-state index is 11.6. The molecule has 3 unspecified atom stereocenters. The largest absolute Gasteiger partial charge is 0.414 e. The van der Waals surface area contributed by atoms with Gasteiger partial charge >= 0.3 is 0 Å². The Kier molecular flexibility index (Phi) is 4.36. The molecule has 1 fully saturated rings. The molecule has 17 heavy (non-hydrogen) atoms. The first-order chi connectivity index (χ1) is 7.43. The minimum Gasteiger partial charge on any atom is -0.414 e. The highest BCUT2D eigenvalue weighted by Gasteiger charge is 2.42. The summed E-state index contributed by atoms with van der Waals surface area (Å²) < 4.78 is 17.9. The number of hydrogen-bond donors (Lipinski definition) is 1. The Morgan fingerprint density at radius 2 is 1.82 bits per heavy atom. The van der Waals surface area contributed by atoms with E-state index in [1.54, 1.807) is 0 Å². The summed E-state index contributed by atoms with van der Waals surface area (Å²) >= 11 is 0. The van der Waals surface area contributed by atoms with E-state index in [1.807, 2.05) is 0 Å². The van der Waals surface area contributed by atoms with Crippen molar-refractivity contribution in [2.45, 2.75) is 69.9 Å². The van der Waals surface area contributed by atoms with Crippen LogP contribution in [0.15, 0.2) is 0 Å². The van der Waals surface area contributed by atoms with Crippen LogP contribution in [0.2, 0.25) is 18.1 Å². The normalized spacial score (nSPS) is 30.3. The van der Waals surface area contributed by atoms with Gasteiger partial charge in [0.1, 0.15) is 0 Å². The van der Waals surface area contributed by atoms with E-state index in [9.17, 15) is 9.46 Å². The van der Waals surface area contributed by atoms with Gasteiger partial charge in [-0.2, -0.15) is 0 Å². The molecule has 0 aromatic carbocycles. The van der Waals surface area contributed by atoms with E-state index in [4.69, 9.17) is 4.43 Å². The second-order valence-corrected chi connectivity index (χ2v) is 14.3. The summed E-state index contributed by atoms with van der Waals surface area (Å²) in [6.07, 6.45) is 2.73. The smallest absolute Gasteiger partial charge is 0.200 e. The van der Waals surface area contributed by atoms with Gasteiger partial charge in [0.15, 0.2) is 8.32 Å². The summed E-state index contributed by atoms with van der Waals surface area (Å²) in [7, 11) is -4.65. The van der Waals surface area contributed by atoms with Gasteiger partial charge in [-0.25, -0.2) is 0 Å². The van der Waals surface area contributed by atoms with Crippen molar-refractivity contribution in [3.8, 4) is 0 Å². The zero-order valence-corrected chi connectivity index (χ0v) is 13.9. The minimum absolute atomic E-state index is 0.0442. The molecule has 0 aliphatic heterocycles. The standard InChI is InChI=1S/C12H27O3PSi/c1-12(2,3)17(5,6)15-10-7-8-11(9-10)16(4,13)14/h10-11H,7-9H2,1-6H3,(H,13,14). The Labute approximate surface area is 107 Å². The highest BCUT2D eigenvalue weighted by Crippen LogP contribution is 2.51. The van der Waals surface area contributed by atoms with E-state index in [0.29, 0.717) is 0 Å². The quantitative estimate of drug-likeness (QED) is 0.630. The molecule has 1 saturated carbocycles. The third kappa shape index (κ3) is 3.92. The summed E-state index contributed by atoms with van der Waals surface area (Å²) in [5.74, 6) is 0. The van der Waals surface area contributed by atoms with Crippen LogP contribution in [0.4, 0.5) is 0 Å². The van der Waals surface area contributed by atoms with Crippen molar-refractivity contribution >= 4 is 15.7 Å². The minimum atomic E-state index is -2.92. The highest BCUT2D eigenvalue weighted by molar-refractivity contribution is 7.57. The zero-order valence-electron chi connectivity index (χ0n) is 12.0. The lowest BCUT2D eigenvalue weighted by Crippen LogP contribution is -2.43. The summed E-state index contributed by atoms with van der Waals surface area (Å²) in [5, 5.41) is 0.209. The molecule has 1 aliphatic rings. The van der Waals surface area contributed by atoms with Crippen LogP contribution in [0.25, 0.3) is 0 Å². The fourth-order valence-electron chi connectivity index (χ4n) is 2.05. The average Bonchev–Trinajstić information content (AvgIpc) is 2.48. The number of hydrogen-bond acceptors (Lipinski definition) is 2. The van der Waals surface area contributed by atoms with Gasteiger partial charge in [0.2, 0.25) is 7.37 Å². The summed E-state index contributed by atoms with van der Waals surface area (Å²) in [4.78, 5) is 9.60. The molecule has 5 heteroatoms. The Morgan fingerprint density at radius 3 is 2.18 bits per heavy atom. The zero-order chi connectivity index (χ0) is 13.5. The fourth-order valence-corrected chi connectivity index (χ4v) is 4.71. The van der Waals surface area contributed by atoms with E-state index in [1.165, 1.54) is 6.66 Å². The van der Waals surface area contributed by atoms with Gasteiger partial charge < -0.3 is 9.32 Å². The lowest BCUT2D eigenvalue weighted by Gasteiger charge is -2.38. The molecular formula is C12H27O3PSi. The van der Waals surface area contributed by atoms with Crippen molar-refractivity contribution in [3.63, 3.8) is 0 Å². The molecule has 1 aliphatic carbocycles. The molecular weight excluding hydrogens is 251 g/mol. The van der Waals surface area contributed by atoms with Gasteiger partial charge in [0, 0.05) is 18.4 Å². The molecule has 0 aromatic heterocycles. The van der Waals surface area contributed by atoms with Crippen molar-refractivity contribution in [3.05, 3.63) is 0 Å². The third-order valence-corrected chi connectivity index (χ3v) is 10.7. The molecule has 0 radical (unpaired) electrons. The Hall–Kier alpha value is 0.367. The van der Waals surface area contributed by atoms with Crippen molar-refractivity contribution < 1.29 is 13.9 Å². The topological polar surface area (TPSA) is 46.5 Å². The van der Waals surface area contributed by atoms with E-state index >= 15 is 0 Å². The lowest BCUT2D eigenvalue weighted by molar-refractivity contribution is 0.188. The molecule has 0 heterocycles. The summed E-state index contributed by atoms with van der Waals surface area (Å²) in [6, 6.07) is 0. The van der Waals surface area contributed by atoms with Gasteiger partial charge in [-0.05, 0) is 37.4 Å². The molecule has 0 spiro atoms. The average molecular weight is 278 g/mol. The monoisotopic (exact) mass is 278 g/mol. The fraction of sp³-hybridized carbons (Fsp3) is 1.00. The lowest BCUT2D eigenvalue weighted by atomic mass is 10.2. The van der Waals surface area contributed by atoms with E-state index in [0.717, 1.165) is 19.3 Å². The molecule has 1 N–H and O–H groups in total. The third-order valence-electron chi connectivity index (χ3n) is 4.30. The molecule has 1 rings (SSSR count). The van der Waals surface area contributed by atoms with Crippen LogP contribution in [-0.2, 0) is 8.99 Å². The molecule has 0 saturated heterocycles. The maximum atomic E-state index is 11.6. The summed E-state index contributed by atoms with van der Waals surface area (Å²) in [5.41, 5.74) is -0.0442. The first kappa shape index (κ1) is 15.4. The van der Waals surface area contributed by atoms with Gasteiger partial charge in [-0.1, -0.05) is 20.8 Å². The van der Waals surface area contributed by atoms with Crippen molar-refractivity contribution in [1.82, 2.24) is 0 Å². The predicted octanol–water partition coefficient (Wildman–Crippen LogP) is 3.83. The highest BCUT2D eigenvalue weighted by atomic mass is 31.2. The van der Waals surface area contributed by atoms with Gasteiger partial charge in [-0.15, -0.1) is 0 Å². The first-order valence-corrected chi connectivity index (χ1v) is 11.5. The van der Waals surface area contributed by atoms with E-state index in [-0.39, 0.29) is 16.8 Å². The van der Waals surface area contributed by atoms with Crippen LogP contribution in [0.1, 0.15) is 40.0 Å². The Balaban J connectivity index is 2.60. The van der Waals surface area contributed by atoms with Crippen LogP contribution in [0.5, 0.6) is 0 Å².